The van der Waals surface area contributed by atoms with Crippen molar-refractivity contribution in [3.05, 3.63) is 84.4 Å². The number of nitrogens with zero attached hydrogens (tertiary/aromatic N) is 1. The van der Waals surface area contributed by atoms with Crippen molar-refractivity contribution in [2.75, 3.05) is 22.8 Å². The molecule has 0 atom stereocenters. The van der Waals surface area contributed by atoms with Crippen LogP contribution in [-0.2, 0) is 14.8 Å². The van der Waals surface area contributed by atoms with Crippen molar-refractivity contribution >= 4 is 27.3 Å². The van der Waals surface area contributed by atoms with Crippen molar-refractivity contribution in [2.45, 2.75) is 11.8 Å². The Labute approximate surface area is 179 Å². The van der Waals surface area contributed by atoms with E-state index in [0.717, 1.165) is 16.4 Å². The summed E-state index contributed by atoms with van der Waals surface area (Å²) in [5, 5.41) is 2.36. The van der Waals surface area contributed by atoms with E-state index >= 15 is 0 Å². The maximum absolute atomic E-state index is 13.9. The van der Waals surface area contributed by atoms with Gasteiger partial charge in [-0.25, -0.2) is 17.2 Å². The second kappa shape index (κ2) is 9.57. The summed E-state index contributed by atoms with van der Waals surface area (Å²) in [7, 11) is -4.20. The van der Waals surface area contributed by atoms with E-state index in [4.69, 9.17) is 4.74 Å². The molecule has 9 heteroatoms. The summed E-state index contributed by atoms with van der Waals surface area (Å²) in [6.45, 7) is 1.58. The highest BCUT2D eigenvalue weighted by atomic mass is 32.2. The number of carbonyl (C=O) groups excluding carboxylic acids is 1. The van der Waals surface area contributed by atoms with E-state index in [9.17, 15) is 22.0 Å². The zero-order valence-electron chi connectivity index (χ0n) is 16.6. The molecule has 3 rings (SSSR count). The average Bonchev–Trinajstić information content (AvgIpc) is 2.75. The van der Waals surface area contributed by atoms with E-state index in [-0.39, 0.29) is 16.3 Å². The van der Waals surface area contributed by atoms with Crippen LogP contribution in [0.2, 0.25) is 0 Å². The van der Waals surface area contributed by atoms with Gasteiger partial charge in [-0.15, -0.1) is 0 Å². The number of carbonyl (C=O) groups is 1. The minimum absolute atomic E-state index is 0.0787. The summed E-state index contributed by atoms with van der Waals surface area (Å²) in [5.74, 6) is -1.48. The Hall–Kier alpha value is -3.46. The first kappa shape index (κ1) is 22.2. The number of ether oxygens (including phenoxy) is 1. The van der Waals surface area contributed by atoms with Crippen LogP contribution in [0.25, 0.3) is 0 Å². The first-order valence-electron chi connectivity index (χ1n) is 9.37. The fourth-order valence-corrected chi connectivity index (χ4v) is 4.23. The van der Waals surface area contributed by atoms with Gasteiger partial charge in [0, 0.05) is 0 Å². The number of nitrogens with one attached hydrogen (secondary N) is 1. The van der Waals surface area contributed by atoms with Crippen molar-refractivity contribution in [3.8, 4) is 5.75 Å². The topological polar surface area (TPSA) is 75.7 Å². The van der Waals surface area contributed by atoms with Crippen molar-refractivity contribution in [2.24, 2.45) is 0 Å². The second-order valence-electron chi connectivity index (χ2n) is 6.42. The molecule has 0 bridgehead atoms. The molecule has 0 aliphatic heterocycles. The quantitative estimate of drug-likeness (QED) is 0.563. The van der Waals surface area contributed by atoms with Crippen molar-refractivity contribution in [1.29, 1.82) is 0 Å². The van der Waals surface area contributed by atoms with E-state index in [1.807, 2.05) is 0 Å². The fraction of sp³-hybridized carbons (Fsp3) is 0.136. The molecule has 1 N–H and O–H groups in total. The van der Waals surface area contributed by atoms with Gasteiger partial charge >= 0.3 is 0 Å². The number of anilines is 2. The Kier molecular flexibility index (Phi) is 6.86. The highest BCUT2D eigenvalue weighted by Crippen LogP contribution is 2.26. The molecule has 6 nitrogen and oxygen atoms in total. The predicted octanol–water partition coefficient (Wildman–Crippen LogP) is 4.20. The van der Waals surface area contributed by atoms with Crippen LogP contribution in [0.4, 0.5) is 20.2 Å². The molecule has 0 saturated carbocycles. The molecule has 0 fully saturated rings. The second-order valence-corrected chi connectivity index (χ2v) is 8.28. The number of para-hydroxylation sites is 1. The third-order valence-corrected chi connectivity index (χ3v) is 6.06. The summed E-state index contributed by atoms with van der Waals surface area (Å²) in [6.07, 6.45) is 0. The van der Waals surface area contributed by atoms with Gasteiger partial charge in [0.05, 0.1) is 22.9 Å². The van der Waals surface area contributed by atoms with Crippen LogP contribution in [-0.4, -0.2) is 27.5 Å². The first-order valence-corrected chi connectivity index (χ1v) is 10.8. The lowest BCUT2D eigenvalue weighted by Gasteiger charge is -2.24. The van der Waals surface area contributed by atoms with Crippen molar-refractivity contribution in [1.82, 2.24) is 0 Å². The maximum Gasteiger partial charge on any atom is 0.264 e. The van der Waals surface area contributed by atoms with E-state index in [1.54, 1.807) is 6.92 Å². The molecule has 3 aromatic carbocycles. The van der Waals surface area contributed by atoms with Gasteiger partial charge in [-0.2, -0.15) is 0 Å². The van der Waals surface area contributed by atoms with Gasteiger partial charge in [0.15, 0.2) is 0 Å². The Bertz CT molecular complexity index is 1150. The lowest BCUT2D eigenvalue weighted by Crippen LogP contribution is -2.38. The molecule has 0 heterocycles. The molecule has 3 aromatic rings. The van der Waals surface area contributed by atoms with Gasteiger partial charge in [-0.1, -0.05) is 12.1 Å². The third-order valence-electron chi connectivity index (χ3n) is 4.27. The largest absolute Gasteiger partial charge is 0.494 e. The Morgan fingerprint density at radius 2 is 1.61 bits per heavy atom. The zero-order chi connectivity index (χ0) is 22.4. The highest BCUT2D eigenvalue weighted by molar-refractivity contribution is 7.92. The van der Waals surface area contributed by atoms with Crippen molar-refractivity contribution in [3.63, 3.8) is 0 Å². The molecule has 0 aliphatic rings. The Morgan fingerprint density at radius 1 is 0.968 bits per heavy atom. The van der Waals surface area contributed by atoms with Crippen LogP contribution in [0.15, 0.2) is 77.7 Å². The van der Waals surface area contributed by atoms with Crippen LogP contribution >= 0.6 is 0 Å². The van der Waals surface area contributed by atoms with Crippen LogP contribution in [0, 0.1) is 11.6 Å². The maximum atomic E-state index is 13.9. The van der Waals surface area contributed by atoms with Crippen molar-refractivity contribution < 1.29 is 26.7 Å². The van der Waals surface area contributed by atoms with E-state index in [2.05, 4.69) is 5.32 Å². The highest BCUT2D eigenvalue weighted by Gasteiger charge is 2.27. The third kappa shape index (κ3) is 5.37. The summed E-state index contributed by atoms with van der Waals surface area (Å²) >= 11 is 0. The number of amides is 1. The van der Waals surface area contributed by atoms with Gasteiger partial charge < -0.3 is 10.1 Å². The molecule has 0 unspecified atom stereocenters. The molecule has 0 aromatic heterocycles. The molecule has 162 valence electrons. The number of hydrogen-bond donors (Lipinski definition) is 1. The van der Waals surface area contributed by atoms with E-state index in [0.29, 0.717) is 12.4 Å². The van der Waals surface area contributed by atoms with Gasteiger partial charge in [0.2, 0.25) is 5.91 Å². The zero-order valence-corrected chi connectivity index (χ0v) is 17.4. The first-order chi connectivity index (χ1) is 14.8. The molecular formula is C22H20F2N2O4S. The van der Waals surface area contributed by atoms with E-state index in [1.165, 1.54) is 60.7 Å². The minimum Gasteiger partial charge on any atom is -0.494 e. The van der Waals surface area contributed by atoms with Gasteiger partial charge in [-0.05, 0) is 67.6 Å². The van der Waals surface area contributed by atoms with Gasteiger partial charge in [-0.3, -0.25) is 9.10 Å². The molecular weight excluding hydrogens is 426 g/mol. The minimum atomic E-state index is -4.20. The van der Waals surface area contributed by atoms with E-state index < -0.39 is 34.1 Å². The number of benzene rings is 3. The molecule has 1 amide bonds. The molecule has 0 spiro atoms. The molecule has 0 aliphatic carbocycles. The fourth-order valence-electron chi connectivity index (χ4n) is 2.81. The average molecular weight is 446 g/mol. The van der Waals surface area contributed by atoms with Gasteiger partial charge in [0.1, 0.15) is 23.9 Å². The lowest BCUT2D eigenvalue weighted by atomic mass is 10.3. The Balaban J connectivity index is 1.93. The van der Waals surface area contributed by atoms with Crippen LogP contribution in [0.5, 0.6) is 5.75 Å². The SMILES string of the molecule is CCOc1ccc(S(=O)(=O)N(CC(=O)Nc2ccccc2F)c2ccc(F)cc2)cc1. The normalized spacial score (nSPS) is 11.1. The number of sulfonamides is 1. The number of rotatable bonds is 8. The van der Waals surface area contributed by atoms with Crippen LogP contribution in [0.1, 0.15) is 6.92 Å². The summed E-state index contributed by atoms with van der Waals surface area (Å²) < 4.78 is 59.9. The summed E-state index contributed by atoms with van der Waals surface area (Å²) in [5.41, 5.74) is 0.00369. The smallest absolute Gasteiger partial charge is 0.264 e. The predicted molar refractivity (Wildman–Crippen MR) is 114 cm³/mol. The van der Waals surface area contributed by atoms with Crippen LogP contribution < -0.4 is 14.4 Å². The summed E-state index contributed by atoms with van der Waals surface area (Å²) in [6, 6.07) is 15.9. The molecule has 31 heavy (non-hydrogen) atoms. The Morgan fingerprint density at radius 3 is 2.23 bits per heavy atom. The summed E-state index contributed by atoms with van der Waals surface area (Å²) in [4.78, 5) is 12.5. The monoisotopic (exact) mass is 446 g/mol. The number of hydrogen-bond acceptors (Lipinski definition) is 4. The number of halogens is 2. The molecule has 0 radical (unpaired) electrons. The standard InChI is InChI=1S/C22H20F2N2O4S/c1-2-30-18-11-13-19(14-12-18)31(28,29)26(17-9-7-16(23)8-10-17)15-22(27)25-21-6-4-3-5-20(21)24/h3-14H,2,15H2,1H3,(H,25,27). The van der Waals surface area contributed by atoms with Crippen LogP contribution in [0.3, 0.4) is 0 Å². The lowest BCUT2D eigenvalue weighted by molar-refractivity contribution is -0.114. The van der Waals surface area contributed by atoms with Gasteiger partial charge in [0.25, 0.3) is 10.0 Å². The molecule has 0 saturated heterocycles.